The number of amides is 2. The summed E-state index contributed by atoms with van der Waals surface area (Å²) >= 11 is 0. The molecule has 0 aromatic rings. The number of hydrogen-bond donors (Lipinski definition) is 1. The summed E-state index contributed by atoms with van der Waals surface area (Å²) in [6.45, 7) is 7.08. The van der Waals surface area contributed by atoms with Crippen molar-refractivity contribution >= 4 is 12.0 Å². The number of aliphatic carboxylic acids is 1. The third-order valence-electron chi connectivity index (χ3n) is 3.78. The zero-order valence-electron chi connectivity index (χ0n) is 12.1. The Morgan fingerprint density at radius 1 is 1.26 bits per heavy atom. The molecular formula is C14H26N2O3. The van der Waals surface area contributed by atoms with Gasteiger partial charge in [-0.15, -0.1) is 0 Å². The zero-order valence-corrected chi connectivity index (χ0v) is 12.1. The van der Waals surface area contributed by atoms with E-state index in [1.54, 1.807) is 0 Å². The minimum absolute atomic E-state index is 0.115. The Labute approximate surface area is 115 Å². The van der Waals surface area contributed by atoms with E-state index in [2.05, 4.69) is 6.92 Å². The van der Waals surface area contributed by atoms with Gasteiger partial charge in [0, 0.05) is 32.6 Å². The number of piperidine rings is 1. The summed E-state index contributed by atoms with van der Waals surface area (Å²) in [5.74, 6) is -0.504. The minimum atomic E-state index is -0.733. The van der Waals surface area contributed by atoms with Gasteiger partial charge in [0.1, 0.15) is 0 Å². The molecule has 5 nitrogen and oxygen atoms in total. The monoisotopic (exact) mass is 270 g/mol. The van der Waals surface area contributed by atoms with Crippen molar-refractivity contribution in [2.45, 2.75) is 46.0 Å². The number of carboxylic acids is 1. The Kier molecular flexibility index (Phi) is 6.67. The second kappa shape index (κ2) is 8.02. The molecule has 1 aliphatic rings. The van der Waals surface area contributed by atoms with Gasteiger partial charge in [-0.2, -0.15) is 0 Å². The van der Waals surface area contributed by atoms with E-state index in [0.717, 1.165) is 38.8 Å². The summed E-state index contributed by atoms with van der Waals surface area (Å²) in [7, 11) is 0. The molecule has 0 bridgehead atoms. The smallest absolute Gasteiger partial charge is 0.319 e. The van der Waals surface area contributed by atoms with Crippen molar-refractivity contribution in [1.82, 2.24) is 9.80 Å². The van der Waals surface area contributed by atoms with Crippen LogP contribution in [-0.2, 0) is 4.79 Å². The van der Waals surface area contributed by atoms with Gasteiger partial charge in [-0.1, -0.05) is 13.3 Å². The van der Waals surface area contributed by atoms with Gasteiger partial charge in [0.25, 0.3) is 0 Å². The van der Waals surface area contributed by atoms with Crippen LogP contribution in [0, 0.1) is 5.92 Å². The van der Waals surface area contributed by atoms with Crippen LogP contribution >= 0.6 is 0 Å². The maximum Gasteiger partial charge on any atom is 0.319 e. The molecule has 1 aliphatic heterocycles. The Bertz CT molecular complexity index is 299. The standard InChI is InChI=1S/C14H26N2O3/c1-3-5-8-15(4-2)14(19)16-9-6-12(7-10-16)11-13(17)18/h12H,3-11H2,1-2H3,(H,17,18). The summed E-state index contributed by atoms with van der Waals surface area (Å²) in [5.41, 5.74) is 0. The molecule has 1 saturated heterocycles. The Morgan fingerprint density at radius 2 is 1.89 bits per heavy atom. The Hall–Kier alpha value is -1.26. The largest absolute Gasteiger partial charge is 0.481 e. The molecule has 0 radical (unpaired) electrons. The second-order valence-electron chi connectivity index (χ2n) is 5.24. The van der Waals surface area contributed by atoms with E-state index in [4.69, 9.17) is 5.11 Å². The number of hydrogen-bond acceptors (Lipinski definition) is 2. The molecule has 0 aromatic heterocycles. The minimum Gasteiger partial charge on any atom is -0.481 e. The van der Waals surface area contributed by atoms with Crippen molar-refractivity contribution in [3.05, 3.63) is 0 Å². The van der Waals surface area contributed by atoms with Crippen molar-refractivity contribution in [3.63, 3.8) is 0 Å². The van der Waals surface area contributed by atoms with Gasteiger partial charge in [0.15, 0.2) is 0 Å². The van der Waals surface area contributed by atoms with Gasteiger partial charge in [0.05, 0.1) is 0 Å². The molecule has 5 heteroatoms. The van der Waals surface area contributed by atoms with E-state index in [9.17, 15) is 9.59 Å². The number of carbonyl (C=O) groups excluding carboxylic acids is 1. The molecule has 0 saturated carbocycles. The fourth-order valence-electron chi connectivity index (χ4n) is 2.51. The number of nitrogens with zero attached hydrogens (tertiary/aromatic N) is 2. The van der Waals surface area contributed by atoms with Crippen LogP contribution in [0.25, 0.3) is 0 Å². The van der Waals surface area contributed by atoms with Gasteiger partial charge in [-0.3, -0.25) is 4.79 Å². The van der Waals surface area contributed by atoms with E-state index < -0.39 is 5.97 Å². The van der Waals surface area contributed by atoms with Crippen LogP contribution in [0.2, 0.25) is 0 Å². The van der Waals surface area contributed by atoms with Crippen LogP contribution in [-0.4, -0.2) is 53.1 Å². The maximum absolute atomic E-state index is 12.3. The van der Waals surface area contributed by atoms with Crippen molar-refractivity contribution < 1.29 is 14.7 Å². The Morgan fingerprint density at radius 3 is 2.37 bits per heavy atom. The van der Waals surface area contributed by atoms with Gasteiger partial charge in [-0.25, -0.2) is 4.79 Å². The van der Waals surface area contributed by atoms with Gasteiger partial charge >= 0.3 is 12.0 Å². The van der Waals surface area contributed by atoms with E-state index in [0.29, 0.717) is 13.1 Å². The first kappa shape index (κ1) is 15.8. The first-order valence-electron chi connectivity index (χ1n) is 7.34. The normalized spacial score (nSPS) is 16.4. The van der Waals surface area contributed by atoms with E-state index >= 15 is 0 Å². The first-order valence-corrected chi connectivity index (χ1v) is 7.34. The fraction of sp³-hybridized carbons (Fsp3) is 0.857. The lowest BCUT2D eigenvalue weighted by Crippen LogP contribution is -2.47. The average molecular weight is 270 g/mol. The number of unbranched alkanes of at least 4 members (excludes halogenated alkanes) is 1. The fourth-order valence-corrected chi connectivity index (χ4v) is 2.51. The molecule has 110 valence electrons. The molecule has 0 spiro atoms. The van der Waals surface area contributed by atoms with Gasteiger partial charge in [-0.05, 0) is 32.1 Å². The second-order valence-corrected chi connectivity index (χ2v) is 5.24. The third-order valence-corrected chi connectivity index (χ3v) is 3.78. The van der Waals surface area contributed by atoms with Crippen molar-refractivity contribution in [1.29, 1.82) is 0 Å². The predicted octanol–water partition coefficient (Wildman–Crippen LogP) is 2.42. The molecule has 0 aliphatic carbocycles. The lowest BCUT2D eigenvalue weighted by molar-refractivity contribution is -0.138. The number of carbonyl (C=O) groups is 2. The highest BCUT2D eigenvalue weighted by Crippen LogP contribution is 2.21. The molecular weight excluding hydrogens is 244 g/mol. The highest BCUT2D eigenvalue weighted by Gasteiger charge is 2.26. The number of urea groups is 1. The lowest BCUT2D eigenvalue weighted by atomic mass is 9.94. The summed E-state index contributed by atoms with van der Waals surface area (Å²) in [4.78, 5) is 26.7. The number of rotatable bonds is 6. The van der Waals surface area contributed by atoms with Crippen LogP contribution in [0.1, 0.15) is 46.0 Å². The first-order chi connectivity index (χ1) is 9.08. The summed E-state index contributed by atoms with van der Waals surface area (Å²) in [6, 6.07) is 0.115. The molecule has 1 rings (SSSR count). The van der Waals surface area contributed by atoms with Gasteiger partial charge in [0.2, 0.25) is 0 Å². The molecule has 0 unspecified atom stereocenters. The van der Waals surface area contributed by atoms with Crippen LogP contribution in [0.3, 0.4) is 0 Å². The quantitative estimate of drug-likeness (QED) is 0.806. The number of likely N-dealkylation sites (tertiary alicyclic amines) is 1. The molecule has 0 aromatic carbocycles. The van der Waals surface area contributed by atoms with E-state index in [1.807, 2.05) is 16.7 Å². The van der Waals surface area contributed by atoms with Crippen molar-refractivity contribution in [2.75, 3.05) is 26.2 Å². The highest BCUT2D eigenvalue weighted by atomic mass is 16.4. The topological polar surface area (TPSA) is 60.9 Å². The zero-order chi connectivity index (χ0) is 14.3. The number of carboxylic acid groups (broad SMARTS) is 1. The lowest BCUT2D eigenvalue weighted by Gasteiger charge is -2.35. The SMILES string of the molecule is CCCCN(CC)C(=O)N1CCC(CC(=O)O)CC1. The van der Waals surface area contributed by atoms with E-state index in [1.165, 1.54) is 0 Å². The molecule has 1 N–H and O–H groups in total. The Balaban J connectivity index is 2.40. The molecule has 2 amide bonds. The van der Waals surface area contributed by atoms with Crippen LogP contribution in [0.4, 0.5) is 4.79 Å². The predicted molar refractivity (Wildman–Crippen MR) is 74.1 cm³/mol. The summed E-state index contributed by atoms with van der Waals surface area (Å²) in [6.07, 6.45) is 3.97. The average Bonchev–Trinajstić information content (AvgIpc) is 2.39. The summed E-state index contributed by atoms with van der Waals surface area (Å²) < 4.78 is 0. The highest BCUT2D eigenvalue weighted by molar-refractivity contribution is 5.74. The van der Waals surface area contributed by atoms with Gasteiger partial charge < -0.3 is 14.9 Å². The molecule has 19 heavy (non-hydrogen) atoms. The van der Waals surface area contributed by atoms with Crippen molar-refractivity contribution in [2.24, 2.45) is 5.92 Å². The van der Waals surface area contributed by atoms with Crippen molar-refractivity contribution in [3.8, 4) is 0 Å². The summed E-state index contributed by atoms with van der Waals surface area (Å²) in [5, 5.41) is 8.78. The van der Waals surface area contributed by atoms with E-state index in [-0.39, 0.29) is 18.4 Å². The molecule has 0 atom stereocenters. The third kappa shape index (κ3) is 5.09. The van der Waals surface area contributed by atoms with Crippen LogP contribution in [0.15, 0.2) is 0 Å². The maximum atomic E-state index is 12.3. The molecule has 1 heterocycles. The van der Waals surface area contributed by atoms with Crippen LogP contribution in [0.5, 0.6) is 0 Å². The van der Waals surface area contributed by atoms with Crippen LogP contribution < -0.4 is 0 Å². The molecule has 1 fully saturated rings.